The van der Waals surface area contributed by atoms with Gasteiger partial charge in [-0.25, -0.2) is 4.79 Å². The van der Waals surface area contributed by atoms with Gasteiger partial charge in [0.15, 0.2) is 5.78 Å². The van der Waals surface area contributed by atoms with Crippen LogP contribution < -0.4 is 0 Å². The van der Waals surface area contributed by atoms with E-state index in [-0.39, 0.29) is 12.2 Å². The van der Waals surface area contributed by atoms with E-state index < -0.39 is 5.97 Å². The standard InChI is InChI=1S/C17H16O3/c1-2-20-17(19)15-11-7-6-10-14(15)16(18)12-13-8-4-3-5-9-13/h3-11H,2,12H2,1H3. The molecular weight excluding hydrogens is 252 g/mol. The number of rotatable bonds is 5. The Morgan fingerprint density at radius 3 is 2.15 bits per heavy atom. The van der Waals surface area contributed by atoms with Gasteiger partial charge < -0.3 is 4.74 Å². The molecule has 0 fully saturated rings. The van der Waals surface area contributed by atoms with Gasteiger partial charge in [0.25, 0.3) is 0 Å². The zero-order valence-corrected chi connectivity index (χ0v) is 11.3. The number of hydrogen-bond acceptors (Lipinski definition) is 3. The molecule has 3 nitrogen and oxygen atoms in total. The fraction of sp³-hybridized carbons (Fsp3) is 0.176. The quantitative estimate of drug-likeness (QED) is 0.617. The van der Waals surface area contributed by atoms with Crippen LogP contribution in [0.25, 0.3) is 0 Å². The van der Waals surface area contributed by atoms with Gasteiger partial charge in [-0.1, -0.05) is 48.5 Å². The van der Waals surface area contributed by atoms with Crippen LogP contribution in [-0.2, 0) is 11.2 Å². The van der Waals surface area contributed by atoms with Crippen molar-refractivity contribution in [3.05, 3.63) is 71.3 Å². The third kappa shape index (κ3) is 3.32. The predicted octanol–water partition coefficient (Wildman–Crippen LogP) is 3.29. The van der Waals surface area contributed by atoms with Crippen LogP contribution in [0.5, 0.6) is 0 Å². The minimum atomic E-state index is -0.454. The van der Waals surface area contributed by atoms with Crippen molar-refractivity contribution in [2.75, 3.05) is 6.61 Å². The van der Waals surface area contributed by atoms with Gasteiger partial charge in [0, 0.05) is 12.0 Å². The van der Waals surface area contributed by atoms with Crippen LogP contribution in [0.4, 0.5) is 0 Å². The number of hydrogen-bond donors (Lipinski definition) is 0. The van der Waals surface area contributed by atoms with Gasteiger partial charge in [0.2, 0.25) is 0 Å². The summed E-state index contributed by atoms with van der Waals surface area (Å²) < 4.78 is 4.98. The topological polar surface area (TPSA) is 43.4 Å². The number of esters is 1. The fourth-order valence-corrected chi connectivity index (χ4v) is 1.99. The number of carbonyl (C=O) groups is 2. The van der Waals surface area contributed by atoms with E-state index in [2.05, 4.69) is 0 Å². The lowest BCUT2D eigenvalue weighted by molar-refractivity contribution is 0.0523. The fourth-order valence-electron chi connectivity index (χ4n) is 1.99. The minimum Gasteiger partial charge on any atom is -0.462 e. The van der Waals surface area contributed by atoms with Crippen LogP contribution in [-0.4, -0.2) is 18.4 Å². The van der Waals surface area contributed by atoms with E-state index in [9.17, 15) is 9.59 Å². The average molecular weight is 268 g/mol. The molecule has 0 saturated carbocycles. The lowest BCUT2D eigenvalue weighted by atomic mass is 9.98. The molecule has 20 heavy (non-hydrogen) atoms. The van der Waals surface area contributed by atoms with Crippen LogP contribution in [0.2, 0.25) is 0 Å². The highest BCUT2D eigenvalue weighted by Gasteiger charge is 2.17. The van der Waals surface area contributed by atoms with E-state index in [0.29, 0.717) is 17.7 Å². The maximum Gasteiger partial charge on any atom is 0.338 e. The minimum absolute atomic E-state index is 0.0835. The monoisotopic (exact) mass is 268 g/mol. The number of ether oxygens (including phenoxy) is 1. The van der Waals surface area contributed by atoms with Gasteiger partial charge in [0.05, 0.1) is 12.2 Å². The van der Waals surface area contributed by atoms with Crippen molar-refractivity contribution < 1.29 is 14.3 Å². The summed E-state index contributed by atoms with van der Waals surface area (Å²) in [5.74, 6) is -0.538. The predicted molar refractivity (Wildman–Crippen MR) is 76.9 cm³/mol. The van der Waals surface area contributed by atoms with Crippen molar-refractivity contribution in [2.24, 2.45) is 0 Å². The molecule has 0 saturated heterocycles. The van der Waals surface area contributed by atoms with Crippen molar-refractivity contribution >= 4 is 11.8 Å². The maximum atomic E-state index is 12.3. The van der Waals surface area contributed by atoms with E-state index >= 15 is 0 Å². The molecule has 0 aliphatic carbocycles. The molecule has 0 bridgehead atoms. The summed E-state index contributed by atoms with van der Waals surface area (Å²) in [5, 5.41) is 0. The van der Waals surface area contributed by atoms with Gasteiger partial charge >= 0.3 is 5.97 Å². The summed E-state index contributed by atoms with van der Waals surface area (Å²) in [6.07, 6.45) is 0.275. The molecule has 2 aromatic rings. The Balaban J connectivity index is 2.24. The van der Waals surface area contributed by atoms with Crippen molar-refractivity contribution in [1.29, 1.82) is 0 Å². The van der Waals surface area contributed by atoms with Crippen molar-refractivity contribution in [3.8, 4) is 0 Å². The molecule has 0 N–H and O–H groups in total. The maximum absolute atomic E-state index is 12.3. The first-order valence-electron chi connectivity index (χ1n) is 6.55. The molecular formula is C17H16O3. The van der Waals surface area contributed by atoms with Crippen molar-refractivity contribution in [1.82, 2.24) is 0 Å². The average Bonchev–Trinajstić information content (AvgIpc) is 2.48. The zero-order valence-electron chi connectivity index (χ0n) is 11.3. The highest BCUT2D eigenvalue weighted by atomic mass is 16.5. The molecule has 0 aromatic heterocycles. The van der Waals surface area contributed by atoms with Gasteiger partial charge in [-0.3, -0.25) is 4.79 Å². The first-order chi connectivity index (χ1) is 9.72. The smallest absolute Gasteiger partial charge is 0.338 e. The summed E-state index contributed by atoms with van der Waals surface area (Å²) in [6.45, 7) is 2.03. The third-order valence-corrected chi connectivity index (χ3v) is 2.93. The summed E-state index contributed by atoms with van der Waals surface area (Å²) in [4.78, 5) is 24.2. The molecule has 0 radical (unpaired) electrons. The summed E-state index contributed by atoms with van der Waals surface area (Å²) in [6, 6.07) is 16.2. The number of ketones is 1. The van der Waals surface area contributed by atoms with Gasteiger partial charge in [-0.15, -0.1) is 0 Å². The highest BCUT2D eigenvalue weighted by molar-refractivity contribution is 6.07. The molecule has 102 valence electrons. The first-order valence-corrected chi connectivity index (χ1v) is 6.55. The Labute approximate surface area is 118 Å². The second kappa shape index (κ2) is 6.66. The summed E-state index contributed by atoms with van der Waals surface area (Å²) >= 11 is 0. The van der Waals surface area contributed by atoms with Gasteiger partial charge in [-0.2, -0.15) is 0 Å². The van der Waals surface area contributed by atoms with E-state index in [1.165, 1.54) is 0 Å². The number of benzene rings is 2. The van der Waals surface area contributed by atoms with Gasteiger partial charge in [-0.05, 0) is 18.6 Å². The second-order valence-corrected chi connectivity index (χ2v) is 4.35. The van der Waals surface area contributed by atoms with E-state index in [1.54, 1.807) is 31.2 Å². The normalized spacial score (nSPS) is 10.1. The number of Topliss-reactive ketones (excluding diaryl/α,β-unsaturated/α-hetero) is 1. The second-order valence-electron chi connectivity index (χ2n) is 4.35. The lowest BCUT2D eigenvalue weighted by Gasteiger charge is -2.08. The molecule has 0 amide bonds. The lowest BCUT2D eigenvalue weighted by Crippen LogP contribution is -2.13. The first kappa shape index (κ1) is 14.0. The van der Waals surface area contributed by atoms with Crippen molar-refractivity contribution in [3.63, 3.8) is 0 Å². The Morgan fingerprint density at radius 2 is 1.50 bits per heavy atom. The Bertz CT molecular complexity index is 603. The van der Waals surface area contributed by atoms with Crippen LogP contribution in [0.3, 0.4) is 0 Å². The molecule has 2 rings (SSSR count). The summed E-state index contributed by atoms with van der Waals surface area (Å²) in [7, 11) is 0. The molecule has 0 atom stereocenters. The Morgan fingerprint density at radius 1 is 0.900 bits per heavy atom. The zero-order chi connectivity index (χ0) is 14.4. The van der Waals surface area contributed by atoms with Gasteiger partial charge in [0.1, 0.15) is 0 Å². The SMILES string of the molecule is CCOC(=O)c1ccccc1C(=O)Cc1ccccc1. The van der Waals surface area contributed by atoms with Crippen molar-refractivity contribution in [2.45, 2.75) is 13.3 Å². The van der Waals surface area contributed by atoms with Crippen LogP contribution in [0.15, 0.2) is 54.6 Å². The van der Waals surface area contributed by atoms with Crippen LogP contribution >= 0.6 is 0 Å². The van der Waals surface area contributed by atoms with Crippen LogP contribution in [0.1, 0.15) is 33.2 Å². The number of carbonyl (C=O) groups excluding carboxylic acids is 2. The molecule has 0 aliphatic heterocycles. The van der Waals surface area contributed by atoms with E-state index in [1.807, 2.05) is 30.3 Å². The van der Waals surface area contributed by atoms with E-state index in [0.717, 1.165) is 5.56 Å². The Kier molecular flexibility index (Phi) is 4.66. The highest BCUT2D eigenvalue weighted by Crippen LogP contribution is 2.14. The molecule has 0 spiro atoms. The third-order valence-electron chi connectivity index (χ3n) is 2.93. The molecule has 0 heterocycles. The van der Waals surface area contributed by atoms with Crippen LogP contribution in [0, 0.1) is 0 Å². The molecule has 3 heteroatoms. The Hall–Kier alpha value is -2.42. The largest absolute Gasteiger partial charge is 0.462 e. The van der Waals surface area contributed by atoms with E-state index in [4.69, 9.17) is 4.74 Å². The molecule has 2 aromatic carbocycles. The molecule has 0 unspecified atom stereocenters. The molecule has 0 aliphatic rings. The summed E-state index contributed by atoms with van der Waals surface area (Å²) in [5.41, 5.74) is 1.67.